The number of hydrogen-bond acceptors (Lipinski definition) is 4. The zero-order valence-corrected chi connectivity index (χ0v) is 26.8. The van der Waals surface area contributed by atoms with Gasteiger partial charge in [0, 0.05) is 11.9 Å². The van der Waals surface area contributed by atoms with Gasteiger partial charge in [-0.15, -0.1) is 71.3 Å². The average Bonchev–Trinajstić information content (AvgIpc) is 3.10. The normalized spacial score (nSPS) is 9.27. The van der Waals surface area contributed by atoms with Crippen molar-refractivity contribution >= 4 is 0 Å². The minimum absolute atomic E-state index is 0. The van der Waals surface area contributed by atoms with Crippen molar-refractivity contribution in [3.8, 4) is 56.9 Å². The number of aryl methyl sites for hydroxylation is 1. The van der Waals surface area contributed by atoms with E-state index in [1.165, 1.54) is 0 Å². The molecular weight excluding hydrogens is 588 g/mol. The second-order valence-electron chi connectivity index (χ2n) is 9.25. The molecule has 0 bridgehead atoms. The molecule has 0 saturated heterocycles. The molecule has 2 heterocycles. The predicted octanol–water partition coefficient (Wildman–Crippen LogP) is 9.77. The first-order valence-corrected chi connectivity index (χ1v) is 13.7. The number of nitrogens with zero attached hydrogens (tertiary/aromatic N) is 4. The molecule has 0 atom stereocenters. The van der Waals surface area contributed by atoms with E-state index in [0.29, 0.717) is 11.1 Å². The summed E-state index contributed by atoms with van der Waals surface area (Å²) in [6, 6.07) is 49.4. The van der Waals surface area contributed by atoms with Gasteiger partial charge in [-0.1, -0.05) is 36.4 Å². The number of benzene rings is 4. The van der Waals surface area contributed by atoms with Gasteiger partial charge in [-0.3, -0.25) is 0 Å². The maximum Gasteiger partial charge on any atom is 4.00 e. The molecule has 5 heteroatoms. The van der Waals surface area contributed by atoms with Crippen LogP contribution in [0.1, 0.15) is 23.7 Å². The Hall–Kier alpha value is -5.31. The second-order valence-corrected chi connectivity index (χ2v) is 9.25. The minimum Gasteiger partial charge on any atom is -0.358 e. The summed E-state index contributed by atoms with van der Waals surface area (Å²) < 4.78 is 0. The molecule has 0 amide bonds. The molecule has 2 aromatic heterocycles. The number of rotatable bonds is 4. The maximum atomic E-state index is 9.50. The van der Waals surface area contributed by atoms with Gasteiger partial charge in [-0.2, -0.15) is 17.4 Å². The van der Waals surface area contributed by atoms with Crippen molar-refractivity contribution in [1.82, 2.24) is 9.97 Å². The fourth-order valence-electron chi connectivity index (χ4n) is 4.36. The van der Waals surface area contributed by atoms with Gasteiger partial charge in [0.1, 0.15) is 0 Å². The minimum atomic E-state index is 0. The second kappa shape index (κ2) is 18.4. The van der Waals surface area contributed by atoms with Crippen LogP contribution in [0.15, 0.2) is 128 Å². The van der Waals surface area contributed by atoms with Gasteiger partial charge in [-0.25, -0.2) is 0 Å². The monoisotopic (exact) mass is 620 g/mol. The van der Waals surface area contributed by atoms with Crippen molar-refractivity contribution in [3.63, 3.8) is 0 Å². The van der Waals surface area contributed by atoms with Crippen LogP contribution in [-0.4, -0.2) is 9.97 Å². The molecule has 6 aromatic rings. The van der Waals surface area contributed by atoms with Gasteiger partial charge >= 0.3 is 17.4 Å². The summed E-state index contributed by atoms with van der Waals surface area (Å²) in [5.41, 5.74) is 9.70. The van der Waals surface area contributed by atoms with Gasteiger partial charge in [-0.05, 0) is 77.5 Å². The van der Waals surface area contributed by atoms with Crippen LogP contribution >= 0.6 is 0 Å². The van der Waals surface area contributed by atoms with Crippen LogP contribution in [0, 0.1) is 56.1 Å². The van der Waals surface area contributed by atoms with Crippen molar-refractivity contribution in [2.24, 2.45) is 0 Å². The number of nitriles is 2. The van der Waals surface area contributed by atoms with E-state index < -0.39 is 0 Å². The van der Waals surface area contributed by atoms with E-state index in [2.05, 4.69) is 41.2 Å². The van der Waals surface area contributed by atoms with E-state index in [4.69, 9.17) is 5.26 Å². The third-order valence-corrected chi connectivity index (χ3v) is 6.34. The van der Waals surface area contributed by atoms with E-state index in [1.54, 1.807) is 19.2 Å². The van der Waals surface area contributed by atoms with Crippen molar-refractivity contribution in [2.75, 3.05) is 0 Å². The van der Waals surface area contributed by atoms with Gasteiger partial charge in [0.15, 0.2) is 0 Å². The smallest absolute Gasteiger partial charge is 0.358 e. The number of pyridine rings is 2. The Morgan fingerprint density at radius 1 is 0.600 bits per heavy atom. The van der Waals surface area contributed by atoms with Crippen molar-refractivity contribution in [1.29, 1.82) is 10.5 Å². The summed E-state index contributed by atoms with van der Waals surface area (Å²) in [6.07, 6.45) is 1.76. The topological polar surface area (TPSA) is 73.4 Å². The first-order valence-electron chi connectivity index (χ1n) is 13.7. The van der Waals surface area contributed by atoms with Crippen LogP contribution in [0.5, 0.6) is 0 Å². The zero-order valence-electron chi connectivity index (χ0n) is 25.5. The molecule has 4 aromatic carbocycles. The Bertz CT molecular complexity index is 1870. The van der Waals surface area contributed by atoms with E-state index in [0.717, 1.165) is 50.5 Å². The van der Waals surface area contributed by atoms with Gasteiger partial charge in [0.05, 0.1) is 23.3 Å². The Balaban J connectivity index is 0.000000350. The molecule has 0 saturated carbocycles. The van der Waals surface area contributed by atoms with Crippen molar-refractivity contribution < 1.29 is 17.4 Å². The van der Waals surface area contributed by atoms with Crippen molar-refractivity contribution in [2.45, 2.75) is 13.8 Å². The molecule has 4 nitrogen and oxygen atoms in total. The average molecular weight is 621 g/mol. The zero-order chi connectivity index (χ0) is 30.4. The molecule has 0 aliphatic carbocycles. The molecule has 6 rings (SSSR count). The van der Waals surface area contributed by atoms with E-state index in [-0.39, 0.29) is 24.8 Å². The summed E-state index contributed by atoms with van der Waals surface area (Å²) in [4.78, 5) is 8.80. The molecule has 0 N–H and O–H groups in total. The van der Waals surface area contributed by atoms with E-state index in [1.807, 2.05) is 122 Å². The molecule has 0 aliphatic heterocycles. The third-order valence-electron chi connectivity index (χ3n) is 6.34. The van der Waals surface area contributed by atoms with Crippen LogP contribution in [0.2, 0.25) is 0 Å². The molecule has 0 unspecified atom stereocenters. The molecule has 0 spiro atoms. The van der Waals surface area contributed by atoms with Crippen molar-refractivity contribution in [3.05, 3.63) is 171 Å². The maximum absolute atomic E-state index is 9.50. The first kappa shape index (κ1) is 35.9. The summed E-state index contributed by atoms with van der Waals surface area (Å²) >= 11 is 0. The fraction of sp³-hybridized carbons (Fsp3) is 0.0500. The Labute approximate surface area is 278 Å². The Kier molecular flexibility index (Phi) is 14.7. The van der Waals surface area contributed by atoms with Gasteiger partial charge < -0.3 is 24.3 Å². The predicted molar refractivity (Wildman–Crippen MR) is 180 cm³/mol. The summed E-state index contributed by atoms with van der Waals surface area (Å²) in [6.45, 7) is 6.99. The molecule has 45 heavy (non-hydrogen) atoms. The third kappa shape index (κ3) is 9.86. The van der Waals surface area contributed by atoms with Crippen LogP contribution in [0.3, 0.4) is 0 Å². The molecule has 0 aliphatic rings. The number of hydrogen-bond donors (Lipinski definition) is 0. The summed E-state index contributed by atoms with van der Waals surface area (Å²) in [7, 11) is 0. The summed E-state index contributed by atoms with van der Waals surface area (Å²) in [5.74, 6) is 0. The van der Waals surface area contributed by atoms with Gasteiger partial charge in [0.2, 0.25) is 0 Å². The van der Waals surface area contributed by atoms with Crippen LogP contribution in [0.25, 0.3) is 44.8 Å². The number of aromatic nitrogens is 2. The first-order chi connectivity index (χ1) is 21.1. The van der Waals surface area contributed by atoms with Gasteiger partial charge in [0.25, 0.3) is 0 Å². The van der Waals surface area contributed by atoms with E-state index in [9.17, 15) is 5.26 Å². The fourth-order valence-corrected chi connectivity index (χ4v) is 4.36. The standard InChI is InChI=1S/C25H14N3.C12H10N.C2H5.CH3.Cr/c26-16-18-5-3-6-20(11-18)23-12-19(17-27)13-24(15-23)21-7-4-8-22(14-21)25-9-1-2-10-28-25;1-10-6-5-9-12(13-10)11-7-3-2-4-8-11;1-2;;/h1-7,9-15H;2-7,9H,1H3;1H2,2H3;1H3;/q4*-1;+4. The quantitative estimate of drug-likeness (QED) is 0.184. The van der Waals surface area contributed by atoms with Crippen LogP contribution in [0.4, 0.5) is 0 Å². The molecular formula is C40H32CrN4. The van der Waals surface area contributed by atoms with Crippen LogP contribution in [-0.2, 0) is 17.4 Å². The Morgan fingerprint density at radius 3 is 1.89 bits per heavy atom. The molecule has 218 valence electrons. The molecule has 0 radical (unpaired) electrons. The SMILES string of the molecule is Cc1cccc(-c2[c-]cccc2)n1.N#Cc1cccc(-c2cc(C#N)cc(-c3cc[c-]c(-c4ccccn4)c3)c2)c1.[CH2-]C.[CH3-].[Cr+4]. The van der Waals surface area contributed by atoms with Crippen LogP contribution < -0.4 is 0 Å². The van der Waals surface area contributed by atoms with E-state index >= 15 is 0 Å². The molecule has 0 fully saturated rings. The summed E-state index contributed by atoms with van der Waals surface area (Å²) in [5, 5.41) is 18.7. The largest absolute Gasteiger partial charge is 4.00 e. The Morgan fingerprint density at radius 2 is 1.24 bits per heavy atom.